The maximum atomic E-state index is 12.3. The van der Waals surface area contributed by atoms with Gasteiger partial charge in [-0.25, -0.2) is 0 Å². The van der Waals surface area contributed by atoms with Crippen LogP contribution in [0.3, 0.4) is 0 Å². The van der Waals surface area contributed by atoms with Crippen molar-refractivity contribution < 1.29 is 4.79 Å². The van der Waals surface area contributed by atoms with Crippen LogP contribution in [0.5, 0.6) is 0 Å². The van der Waals surface area contributed by atoms with Crippen molar-refractivity contribution in [3.63, 3.8) is 0 Å². The number of hydrogen-bond donors (Lipinski definition) is 1. The van der Waals surface area contributed by atoms with Gasteiger partial charge in [-0.1, -0.05) is 29.3 Å². The van der Waals surface area contributed by atoms with Gasteiger partial charge >= 0.3 is 0 Å². The van der Waals surface area contributed by atoms with E-state index in [0.29, 0.717) is 33.7 Å². The van der Waals surface area contributed by atoms with E-state index in [1.807, 2.05) is 6.07 Å². The van der Waals surface area contributed by atoms with Crippen LogP contribution in [-0.4, -0.2) is 25.5 Å². The molecule has 0 fully saturated rings. The molecule has 1 aromatic carbocycles. The molecule has 0 spiro atoms. The van der Waals surface area contributed by atoms with Crippen molar-refractivity contribution in [2.45, 2.75) is 13.5 Å². The van der Waals surface area contributed by atoms with E-state index in [4.69, 9.17) is 23.2 Å². The van der Waals surface area contributed by atoms with Crippen LogP contribution in [0.25, 0.3) is 0 Å². The van der Waals surface area contributed by atoms with Crippen LogP contribution in [0, 0.1) is 6.92 Å². The molecular weight excluding hydrogens is 349 g/mol. The number of nitrogens with one attached hydrogen (secondary N) is 1. The molecule has 6 nitrogen and oxygen atoms in total. The van der Waals surface area contributed by atoms with Gasteiger partial charge in [0.15, 0.2) is 5.82 Å². The fourth-order valence-electron chi connectivity index (χ4n) is 2.35. The highest BCUT2D eigenvalue weighted by atomic mass is 35.5. The summed E-state index contributed by atoms with van der Waals surface area (Å²) >= 11 is 11.9. The summed E-state index contributed by atoms with van der Waals surface area (Å²) in [6, 6.07) is 7.16. The van der Waals surface area contributed by atoms with E-state index in [1.54, 1.807) is 53.9 Å². The third-order valence-corrected chi connectivity index (χ3v) is 4.21. The molecule has 0 radical (unpaired) electrons. The Labute approximate surface area is 149 Å². The average molecular weight is 364 g/mol. The molecular formula is C16H15Cl2N5O. The molecule has 3 rings (SSSR count). The van der Waals surface area contributed by atoms with Gasteiger partial charge in [-0.15, -0.1) is 0 Å². The minimum atomic E-state index is -0.236. The van der Waals surface area contributed by atoms with Gasteiger partial charge in [0.1, 0.15) is 0 Å². The zero-order valence-corrected chi connectivity index (χ0v) is 14.6. The number of hydrogen-bond acceptors (Lipinski definition) is 3. The Morgan fingerprint density at radius 2 is 2.00 bits per heavy atom. The lowest BCUT2D eigenvalue weighted by molar-refractivity contribution is 0.102. The lowest BCUT2D eigenvalue weighted by Gasteiger charge is -2.04. The van der Waals surface area contributed by atoms with Crippen LogP contribution < -0.4 is 5.32 Å². The quantitative estimate of drug-likeness (QED) is 0.770. The molecule has 2 aromatic heterocycles. The van der Waals surface area contributed by atoms with Crippen molar-refractivity contribution in [3.05, 3.63) is 63.5 Å². The summed E-state index contributed by atoms with van der Waals surface area (Å²) in [5.74, 6) is 0.240. The van der Waals surface area contributed by atoms with Gasteiger partial charge in [0.05, 0.1) is 27.8 Å². The Morgan fingerprint density at radius 3 is 2.67 bits per heavy atom. The molecule has 0 saturated heterocycles. The Balaban J connectivity index is 1.70. The first kappa shape index (κ1) is 16.5. The Bertz CT molecular complexity index is 900. The third-order valence-electron chi connectivity index (χ3n) is 3.47. The highest BCUT2D eigenvalue weighted by Crippen LogP contribution is 2.23. The number of nitrogens with zero attached hydrogens (tertiary/aromatic N) is 4. The lowest BCUT2D eigenvalue weighted by atomic mass is 10.2. The number of carbonyl (C=O) groups excluding carboxylic acids is 1. The molecule has 0 unspecified atom stereocenters. The number of anilines is 1. The number of aryl methyl sites for hydroxylation is 2. The molecule has 0 aliphatic carbocycles. The molecule has 124 valence electrons. The van der Waals surface area contributed by atoms with E-state index in [2.05, 4.69) is 15.5 Å². The first-order chi connectivity index (χ1) is 11.4. The molecule has 2 heterocycles. The predicted molar refractivity (Wildman–Crippen MR) is 93.7 cm³/mol. The van der Waals surface area contributed by atoms with Crippen LogP contribution in [0.15, 0.2) is 36.7 Å². The minimum absolute atomic E-state index is 0.236. The number of benzene rings is 1. The summed E-state index contributed by atoms with van der Waals surface area (Å²) in [6.07, 6.45) is 3.46. The van der Waals surface area contributed by atoms with Crippen molar-refractivity contribution in [2.24, 2.45) is 7.05 Å². The van der Waals surface area contributed by atoms with Crippen LogP contribution in [0.4, 0.5) is 5.82 Å². The van der Waals surface area contributed by atoms with Crippen LogP contribution in [0.1, 0.15) is 21.6 Å². The maximum absolute atomic E-state index is 12.3. The highest BCUT2D eigenvalue weighted by molar-refractivity contribution is 6.42. The van der Waals surface area contributed by atoms with Gasteiger partial charge in [-0.3, -0.25) is 14.2 Å². The standard InChI is InChI=1S/C16H15Cl2N5O/c1-10-12(9-22(2)20-10)16(24)19-15-5-6-23(21-15)8-11-3-4-13(17)14(18)7-11/h3-7,9H,8H2,1-2H3,(H,19,21,24). The summed E-state index contributed by atoms with van der Waals surface area (Å²) in [6.45, 7) is 2.32. The van der Waals surface area contributed by atoms with Crippen LogP contribution in [0.2, 0.25) is 10.0 Å². The van der Waals surface area contributed by atoms with Crippen molar-refractivity contribution >= 4 is 34.9 Å². The SMILES string of the molecule is Cc1nn(C)cc1C(=O)Nc1ccn(Cc2ccc(Cl)c(Cl)c2)n1. The van der Waals surface area contributed by atoms with Gasteiger partial charge in [0, 0.05) is 25.5 Å². The summed E-state index contributed by atoms with van der Waals surface area (Å²) in [7, 11) is 1.77. The second-order valence-corrected chi connectivity index (χ2v) is 6.22. The molecule has 0 aliphatic heterocycles. The molecule has 0 saturated carbocycles. The largest absolute Gasteiger partial charge is 0.305 e. The zero-order valence-electron chi connectivity index (χ0n) is 13.1. The number of halogens is 2. The van der Waals surface area contributed by atoms with Gasteiger partial charge in [-0.05, 0) is 24.6 Å². The number of amides is 1. The summed E-state index contributed by atoms with van der Waals surface area (Å²) in [5, 5.41) is 12.3. The van der Waals surface area contributed by atoms with Gasteiger partial charge in [-0.2, -0.15) is 10.2 Å². The van der Waals surface area contributed by atoms with Crippen molar-refractivity contribution in [2.75, 3.05) is 5.32 Å². The fraction of sp³-hybridized carbons (Fsp3) is 0.188. The first-order valence-corrected chi connectivity index (χ1v) is 7.97. The van der Waals surface area contributed by atoms with E-state index in [-0.39, 0.29) is 5.91 Å². The second-order valence-electron chi connectivity index (χ2n) is 5.40. The van der Waals surface area contributed by atoms with E-state index >= 15 is 0 Å². The zero-order chi connectivity index (χ0) is 17.3. The van der Waals surface area contributed by atoms with E-state index in [0.717, 1.165) is 5.56 Å². The molecule has 0 bridgehead atoms. The van der Waals surface area contributed by atoms with Crippen LogP contribution >= 0.6 is 23.2 Å². The number of carbonyl (C=O) groups is 1. The normalized spacial score (nSPS) is 10.8. The monoisotopic (exact) mass is 363 g/mol. The predicted octanol–water partition coefficient (Wildman–Crippen LogP) is 3.53. The average Bonchev–Trinajstić information content (AvgIpc) is 3.09. The first-order valence-electron chi connectivity index (χ1n) is 7.21. The van der Waals surface area contributed by atoms with Crippen molar-refractivity contribution in [3.8, 4) is 0 Å². The molecule has 0 atom stereocenters. The van der Waals surface area contributed by atoms with Gasteiger partial charge in [0.25, 0.3) is 5.91 Å². The highest BCUT2D eigenvalue weighted by Gasteiger charge is 2.13. The smallest absolute Gasteiger partial charge is 0.260 e. The molecule has 1 amide bonds. The molecule has 24 heavy (non-hydrogen) atoms. The summed E-state index contributed by atoms with van der Waals surface area (Å²) in [4.78, 5) is 12.3. The number of aromatic nitrogens is 4. The third kappa shape index (κ3) is 3.60. The number of rotatable bonds is 4. The Kier molecular flexibility index (Phi) is 4.59. The fourth-order valence-corrected chi connectivity index (χ4v) is 2.67. The summed E-state index contributed by atoms with van der Waals surface area (Å²) in [5.41, 5.74) is 2.16. The molecule has 0 aliphatic rings. The maximum Gasteiger partial charge on any atom is 0.260 e. The molecule has 1 N–H and O–H groups in total. The van der Waals surface area contributed by atoms with E-state index in [1.165, 1.54) is 0 Å². The molecule has 8 heteroatoms. The van der Waals surface area contributed by atoms with Gasteiger partial charge < -0.3 is 5.32 Å². The van der Waals surface area contributed by atoms with Crippen molar-refractivity contribution in [1.82, 2.24) is 19.6 Å². The topological polar surface area (TPSA) is 64.7 Å². The van der Waals surface area contributed by atoms with Crippen molar-refractivity contribution in [1.29, 1.82) is 0 Å². The second kappa shape index (κ2) is 6.67. The van der Waals surface area contributed by atoms with Crippen LogP contribution in [-0.2, 0) is 13.6 Å². The molecule has 3 aromatic rings. The Hall–Kier alpha value is -2.31. The minimum Gasteiger partial charge on any atom is -0.305 e. The van der Waals surface area contributed by atoms with Gasteiger partial charge in [0.2, 0.25) is 0 Å². The Morgan fingerprint density at radius 1 is 1.21 bits per heavy atom. The van der Waals surface area contributed by atoms with E-state index in [9.17, 15) is 4.79 Å². The lowest BCUT2D eigenvalue weighted by Crippen LogP contribution is -2.13. The van der Waals surface area contributed by atoms with E-state index < -0.39 is 0 Å². The summed E-state index contributed by atoms with van der Waals surface area (Å²) < 4.78 is 3.32.